The minimum Gasteiger partial charge on any atom is -0.334 e. The van der Waals surface area contributed by atoms with Gasteiger partial charge in [-0.2, -0.15) is 4.98 Å². The van der Waals surface area contributed by atoms with E-state index in [-0.39, 0.29) is 0 Å². The highest BCUT2D eigenvalue weighted by Crippen LogP contribution is 2.36. The Morgan fingerprint density at radius 2 is 2.05 bits per heavy atom. The minimum absolute atomic E-state index is 0.461. The van der Waals surface area contributed by atoms with Crippen molar-refractivity contribution in [2.45, 2.75) is 51.5 Å². The molecule has 2 N–H and O–H groups in total. The highest BCUT2D eigenvalue weighted by Gasteiger charge is 2.25. The summed E-state index contributed by atoms with van der Waals surface area (Å²) in [5.74, 6) is 2.83. The van der Waals surface area contributed by atoms with E-state index in [0.29, 0.717) is 18.4 Å². The summed E-state index contributed by atoms with van der Waals surface area (Å²) in [6, 6.07) is 8.00. The molecular formula is C17H23N3O. The van der Waals surface area contributed by atoms with Crippen molar-refractivity contribution in [1.29, 1.82) is 0 Å². The maximum absolute atomic E-state index is 5.68. The van der Waals surface area contributed by atoms with Crippen LogP contribution in [0.3, 0.4) is 0 Å². The highest BCUT2D eigenvalue weighted by atomic mass is 16.5. The summed E-state index contributed by atoms with van der Waals surface area (Å²) < 4.78 is 5.45. The van der Waals surface area contributed by atoms with Crippen LogP contribution < -0.4 is 5.73 Å². The van der Waals surface area contributed by atoms with E-state index in [1.165, 1.54) is 32.1 Å². The van der Waals surface area contributed by atoms with Gasteiger partial charge in [0.1, 0.15) is 0 Å². The van der Waals surface area contributed by atoms with Crippen molar-refractivity contribution >= 4 is 0 Å². The molecule has 2 aromatic rings. The topological polar surface area (TPSA) is 64.9 Å². The summed E-state index contributed by atoms with van der Waals surface area (Å²) in [5.41, 5.74) is 7.72. The average molecular weight is 285 g/mol. The van der Waals surface area contributed by atoms with Gasteiger partial charge in [-0.15, -0.1) is 0 Å². The zero-order chi connectivity index (χ0) is 14.7. The van der Waals surface area contributed by atoms with Crippen LogP contribution in [0.4, 0.5) is 0 Å². The Morgan fingerprint density at radius 3 is 2.76 bits per heavy atom. The Kier molecular flexibility index (Phi) is 4.34. The van der Waals surface area contributed by atoms with E-state index in [0.717, 1.165) is 22.9 Å². The first-order valence-corrected chi connectivity index (χ1v) is 7.93. The third-order valence-corrected chi connectivity index (χ3v) is 4.64. The smallest absolute Gasteiger partial charge is 0.257 e. The molecule has 112 valence electrons. The number of hydrogen-bond acceptors (Lipinski definition) is 4. The van der Waals surface area contributed by atoms with Gasteiger partial charge >= 0.3 is 0 Å². The fraction of sp³-hybridized carbons (Fsp3) is 0.529. The molecule has 0 unspecified atom stereocenters. The second-order valence-electron chi connectivity index (χ2n) is 5.99. The van der Waals surface area contributed by atoms with Gasteiger partial charge in [0.2, 0.25) is 0 Å². The fourth-order valence-corrected chi connectivity index (χ4v) is 3.18. The van der Waals surface area contributed by atoms with Crippen molar-refractivity contribution in [2.24, 2.45) is 11.7 Å². The van der Waals surface area contributed by atoms with Gasteiger partial charge in [0.15, 0.2) is 5.82 Å². The van der Waals surface area contributed by atoms with Crippen molar-refractivity contribution in [1.82, 2.24) is 10.1 Å². The molecule has 0 bridgehead atoms. The Balaban J connectivity index is 1.74. The largest absolute Gasteiger partial charge is 0.334 e. The van der Waals surface area contributed by atoms with E-state index in [2.05, 4.69) is 17.1 Å². The zero-order valence-corrected chi connectivity index (χ0v) is 12.6. The van der Waals surface area contributed by atoms with E-state index in [4.69, 9.17) is 10.3 Å². The number of hydrogen-bond donors (Lipinski definition) is 1. The van der Waals surface area contributed by atoms with Gasteiger partial charge in [0.25, 0.3) is 5.89 Å². The molecule has 4 nitrogen and oxygen atoms in total. The Morgan fingerprint density at radius 1 is 1.24 bits per heavy atom. The summed E-state index contributed by atoms with van der Waals surface area (Å²) in [6.07, 6.45) is 6.22. The Bertz CT molecular complexity index is 585. The molecule has 3 rings (SSSR count). The van der Waals surface area contributed by atoms with Crippen molar-refractivity contribution < 1.29 is 4.52 Å². The number of nitrogens with two attached hydrogens (primary N) is 1. The summed E-state index contributed by atoms with van der Waals surface area (Å²) in [4.78, 5) is 4.61. The first-order chi connectivity index (χ1) is 10.3. The van der Waals surface area contributed by atoms with Crippen LogP contribution in [0, 0.1) is 5.92 Å². The lowest BCUT2D eigenvalue weighted by atomic mass is 9.80. The fourth-order valence-electron chi connectivity index (χ4n) is 3.18. The SMILES string of the molecule is CCC1CCC(c2noc(-c3cccc(CN)c3)n2)CC1. The maximum atomic E-state index is 5.68. The second kappa shape index (κ2) is 6.39. The standard InChI is InChI=1S/C17H23N3O/c1-2-12-6-8-14(9-7-12)16-19-17(21-20-16)15-5-3-4-13(10-15)11-18/h3-5,10,12,14H,2,6-9,11,18H2,1H3. The molecular weight excluding hydrogens is 262 g/mol. The van der Waals surface area contributed by atoms with Gasteiger partial charge in [0.05, 0.1) is 0 Å². The molecule has 1 heterocycles. The Hall–Kier alpha value is -1.68. The molecule has 0 atom stereocenters. The number of rotatable bonds is 4. The molecule has 1 aromatic carbocycles. The van der Waals surface area contributed by atoms with Crippen molar-refractivity contribution in [3.05, 3.63) is 35.7 Å². The maximum Gasteiger partial charge on any atom is 0.257 e. The quantitative estimate of drug-likeness (QED) is 0.925. The average Bonchev–Trinajstić information content (AvgIpc) is 3.05. The first kappa shape index (κ1) is 14.3. The summed E-state index contributed by atoms with van der Waals surface area (Å²) >= 11 is 0. The normalized spacial score (nSPS) is 22.4. The van der Waals surface area contributed by atoms with Crippen LogP contribution in [-0.4, -0.2) is 10.1 Å². The molecule has 0 aliphatic heterocycles. The van der Waals surface area contributed by atoms with Gasteiger partial charge in [-0.1, -0.05) is 30.6 Å². The van der Waals surface area contributed by atoms with Crippen LogP contribution in [0.15, 0.2) is 28.8 Å². The van der Waals surface area contributed by atoms with Crippen LogP contribution in [0.1, 0.15) is 56.3 Å². The molecule has 0 radical (unpaired) electrons. The van der Waals surface area contributed by atoms with E-state index >= 15 is 0 Å². The van der Waals surface area contributed by atoms with E-state index in [1.807, 2.05) is 24.3 Å². The molecule has 1 fully saturated rings. The van der Waals surface area contributed by atoms with Crippen molar-refractivity contribution in [2.75, 3.05) is 0 Å². The number of nitrogens with zero attached hydrogens (tertiary/aromatic N) is 2. The van der Waals surface area contributed by atoms with Crippen LogP contribution in [0.25, 0.3) is 11.5 Å². The van der Waals surface area contributed by atoms with E-state index in [9.17, 15) is 0 Å². The van der Waals surface area contributed by atoms with Crippen LogP contribution in [0.5, 0.6) is 0 Å². The summed E-state index contributed by atoms with van der Waals surface area (Å²) in [6.45, 7) is 2.80. The number of benzene rings is 1. The summed E-state index contributed by atoms with van der Waals surface area (Å²) in [5, 5.41) is 4.21. The monoisotopic (exact) mass is 285 g/mol. The molecule has 1 aliphatic rings. The third kappa shape index (κ3) is 3.16. The van der Waals surface area contributed by atoms with Gasteiger partial charge in [-0.25, -0.2) is 0 Å². The molecule has 1 saturated carbocycles. The van der Waals surface area contributed by atoms with E-state index < -0.39 is 0 Å². The van der Waals surface area contributed by atoms with Crippen molar-refractivity contribution in [3.63, 3.8) is 0 Å². The van der Waals surface area contributed by atoms with Crippen LogP contribution >= 0.6 is 0 Å². The molecule has 0 saturated heterocycles. The lowest BCUT2D eigenvalue weighted by Crippen LogP contribution is -2.13. The summed E-state index contributed by atoms with van der Waals surface area (Å²) in [7, 11) is 0. The minimum atomic E-state index is 0.461. The molecule has 4 heteroatoms. The van der Waals surface area contributed by atoms with Gasteiger partial charge in [-0.3, -0.25) is 0 Å². The first-order valence-electron chi connectivity index (χ1n) is 7.93. The van der Waals surface area contributed by atoms with Crippen molar-refractivity contribution in [3.8, 4) is 11.5 Å². The molecule has 21 heavy (non-hydrogen) atoms. The third-order valence-electron chi connectivity index (χ3n) is 4.64. The van der Waals surface area contributed by atoms with Gasteiger partial charge in [-0.05, 0) is 49.3 Å². The predicted octanol–water partition coefficient (Wildman–Crippen LogP) is 3.88. The van der Waals surface area contributed by atoms with Crippen LogP contribution in [-0.2, 0) is 6.54 Å². The lowest BCUT2D eigenvalue weighted by Gasteiger charge is -2.25. The Labute approximate surface area is 125 Å². The highest BCUT2D eigenvalue weighted by molar-refractivity contribution is 5.54. The molecule has 1 aromatic heterocycles. The number of aromatic nitrogens is 2. The lowest BCUT2D eigenvalue weighted by molar-refractivity contribution is 0.305. The second-order valence-corrected chi connectivity index (χ2v) is 5.99. The molecule has 1 aliphatic carbocycles. The molecule has 0 amide bonds. The van der Waals surface area contributed by atoms with Crippen LogP contribution in [0.2, 0.25) is 0 Å². The zero-order valence-electron chi connectivity index (χ0n) is 12.6. The van der Waals surface area contributed by atoms with E-state index in [1.54, 1.807) is 0 Å². The van der Waals surface area contributed by atoms with Gasteiger partial charge < -0.3 is 10.3 Å². The molecule has 0 spiro atoms. The van der Waals surface area contributed by atoms with Gasteiger partial charge in [0, 0.05) is 18.0 Å². The predicted molar refractivity (Wildman–Crippen MR) is 82.6 cm³/mol.